The van der Waals surface area contributed by atoms with Crippen molar-refractivity contribution in [3.8, 4) is 23.3 Å². The van der Waals surface area contributed by atoms with Crippen LogP contribution in [0.3, 0.4) is 0 Å². The summed E-state index contributed by atoms with van der Waals surface area (Å²) in [6.07, 6.45) is 4.97. The van der Waals surface area contributed by atoms with E-state index in [0.717, 1.165) is 6.08 Å². The van der Waals surface area contributed by atoms with Gasteiger partial charge in [0.25, 0.3) is 11.8 Å². The number of nitrogens with zero attached hydrogens (tertiary/aromatic N) is 2. The number of para-hydroxylation sites is 1. The Balaban J connectivity index is 1.66. The number of carboxylic acid groups (broad SMARTS) is 1. The van der Waals surface area contributed by atoms with Crippen molar-refractivity contribution >= 4 is 47.3 Å². The molecule has 0 aromatic heterocycles. The number of amides is 2. The van der Waals surface area contributed by atoms with E-state index in [1.54, 1.807) is 72.8 Å². The van der Waals surface area contributed by atoms with Crippen LogP contribution in [-0.2, 0) is 14.3 Å². The lowest BCUT2D eigenvalue weighted by Gasteiger charge is -2.13. The van der Waals surface area contributed by atoms with Crippen LogP contribution in [0, 0.1) is 22.7 Å². The van der Waals surface area contributed by atoms with Gasteiger partial charge < -0.3 is 20.5 Å². The van der Waals surface area contributed by atoms with Gasteiger partial charge in [0.15, 0.2) is 0 Å². The molecule has 0 heterocycles. The number of benzene rings is 4. The molecule has 3 N–H and O–H groups in total. The van der Waals surface area contributed by atoms with E-state index in [-0.39, 0.29) is 16.7 Å². The summed E-state index contributed by atoms with van der Waals surface area (Å²) in [4.78, 5) is 48.8. The molecule has 0 spiro atoms. The normalized spacial score (nSPS) is 10.6. The summed E-state index contributed by atoms with van der Waals surface area (Å²) in [5.74, 6) is -2.72. The lowest BCUT2D eigenvalue weighted by Crippen LogP contribution is -2.13. The Bertz CT molecular complexity index is 1960. The topological polar surface area (TPSA) is 169 Å². The lowest BCUT2D eigenvalue weighted by atomic mass is 9.95. The first-order valence-electron chi connectivity index (χ1n) is 13.3. The number of carbonyl (C=O) groups excluding carboxylic acids is 3. The van der Waals surface area contributed by atoms with E-state index in [0.29, 0.717) is 39.2 Å². The number of anilines is 2. The number of carboxylic acids is 1. The molecule has 2 amide bonds. The van der Waals surface area contributed by atoms with E-state index in [1.807, 2.05) is 6.07 Å². The molecule has 220 valence electrons. The Labute approximate surface area is 258 Å². The first-order chi connectivity index (χ1) is 21.7. The molecule has 10 nitrogen and oxygen atoms in total. The minimum Gasteiger partial charge on any atom is -0.478 e. The van der Waals surface area contributed by atoms with Crippen molar-refractivity contribution in [3.05, 3.63) is 130 Å². The fourth-order valence-corrected chi connectivity index (χ4v) is 4.27. The number of aliphatic carboxylic acids is 1. The van der Waals surface area contributed by atoms with Gasteiger partial charge in [-0.2, -0.15) is 10.5 Å². The molecule has 0 unspecified atom stereocenters. The summed E-state index contributed by atoms with van der Waals surface area (Å²) in [6, 6.07) is 26.5. The highest BCUT2D eigenvalue weighted by Gasteiger charge is 2.15. The van der Waals surface area contributed by atoms with Crippen LogP contribution in [0.1, 0.15) is 43.0 Å². The van der Waals surface area contributed by atoms with Gasteiger partial charge in [-0.25, -0.2) is 9.59 Å². The summed E-state index contributed by atoms with van der Waals surface area (Å²) >= 11 is 0. The number of hydrogen-bond donors (Lipinski definition) is 3. The number of carbonyl (C=O) groups is 4. The molecular formula is C35H24N4O6. The molecule has 4 aromatic rings. The average Bonchev–Trinajstić information content (AvgIpc) is 3.06. The van der Waals surface area contributed by atoms with Crippen LogP contribution in [-0.4, -0.2) is 36.0 Å². The molecule has 4 aromatic carbocycles. The number of nitriles is 2. The Hall–Kier alpha value is -6.78. The lowest BCUT2D eigenvalue weighted by molar-refractivity contribution is -0.135. The molecule has 0 atom stereocenters. The van der Waals surface area contributed by atoms with Gasteiger partial charge in [0, 0.05) is 34.7 Å². The van der Waals surface area contributed by atoms with Crippen molar-refractivity contribution < 1.29 is 29.0 Å². The number of methoxy groups -OCH3 is 1. The Morgan fingerprint density at radius 2 is 1.42 bits per heavy atom. The zero-order valence-corrected chi connectivity index (χ0v) is 23.8. The zero-order valence-electron chi connectivity index (χ0n) is 23.8. The summed E-state index contributed by atoms with van der Waals surface area (Å²) in [7, 11) is 1.23. The van der Waals surface area contributed by atoms with Crippen molar-refractivity contribution in [3.63, 3.8) is 0 Å². The standard InChI is InChI=1S/C35H24N4O6/c1-45-33(42)16-12-25-18-24(10-14-31(25)39-34(43)26-7-4-5-22(17-26)20-36)29-13-9-27(19-28(29)21-37)35(44)38-30-8-3-2-6-23(30)11-15-32(40)41/h2-19H,1H3,(H,38,44)(H,39,43)(H,40,41)/b15-11+,16-12+. The molecule has 45 heavy (non-hydrogen) atoms. The van der Waals surface area contributed by atoms with Crippen LogP contribution in [0.5, 0.6) is 0 Å². The summed E-state index contributed by atoms with van der Waals surface area (Å²) in [5, 5.41) is 33.6. The van der Waals surface area contributed by atoms with Crippen molar-refractivity contribution in [1.82, 2.24) is 0 Å². The van der Waals surface area contributed by atoms with Crippen molar-refractivity contribution in [2.45, 2.75) is 0 Å². The summed E-state index contributed by atoms with van der Waals surface area (Å²) in [5.41, 5.74) is 3.70. The molecule has 0 saturated carbocycles. The average molecular weight is 597 g/mol. The molecule has 0 aliphatic rings. The minimum atomic E-state index is -1.13. The van der Waals surface area contributed by atoms with Crippen LogP contribution in [0.25, 0.3) is 23.3 Å². The maximum Gasteiger partial charge on any atom is 0.330 e. The third kappa shape index (κ3) is 7.95. The third-order valence-corrected chi connectivity index (χ3v) is 6.48. The second kappa shape index (κ2) is 14.4. The predicted octanol–water partition coefficient (Wildman–Crippen LogP) is 5.89. The summed E-state index contributed by atoms with van der Waals surface area (Å²) in [6.45, 7) is 0. The van der Waals surface area contributed by atoms with E-state index in [9.17, 15) is 24.4 Å². The molecular weight excluding hydrogens is 572 g/mol. The highest BCUT2D eigenvalue weighted by molar-refractivity contribution is 6.07. The van der Waals surface area contributed by atoms with Crippen LogP contribution in [0.2, 0.25) is 0 Å². The second-order valence-electron chi connectivity index (χ2n) is 9.39. The largest absolute Gasteiger partial charge is 0.478 e. The highest BCUT2D eigenvalue weighted by Crippen LogP contribution is 2.30. The van der Waals surface area contributed by atoms with Gasteiger partial charge in [0.1, 0.15) is 0 Å². The Morgan fingerprint density at radius 3 is 2.11 bits per heavy atom. The van der Waals surface area contributed by atoms with Gasteiger partial charge in [-0.05, 0) is 82.9 Å². The monoisotopic (exact) mass is 596 g/mol. The number of ether oxygens (including phenoxy) is 1. The predicted molar refractivity (Wildman–Crippen MR) is 168 cm³/mol. The van der Waals surface area contributed by atoms with Crippen molar-refractivity contribution in [2.75, 3.05) is 17.7 Å². The van der Waals surface area contributed by atoms with Crippen LogP contribution in [0.15, 0.2) is 97.1 Å². The molecule has 10 heteroatoms. The molecule has 0 aliphatic carbocycles. The molecule has 4 rings (SSSR count). The second-order valence-corrected chi connectivity index (χ2v) is 9.39. The molecule has 0 bridgehead atoms. The van der Waals surface area contributed by atoms with E-state index in [2.05, 4.69) is 16.7 Å². The van der Waals surface area contributed by atoms with Gasteiger partial charge in [0.2, 0.25) is 0 Å². The molecule has 0 radical (unpaired) electrons. The number of esters is 1. The molecule has 0 aliphatic heterocycles. The maximum atomic E-state index is 13.1. The van der Waals surface area contributed by atoms with Crippen LogP contribution in [0.4, 0.5) is 11.4 Å². The van der Waals surface area contributed by atoms with Crippen molar-refractivity contribution in [1.29, 1.82) is 10.5 Å². The fraction of sp³-hybridized carbons (Fsp3) is 0.0286. The van der Waals surface area contributed by atoms with E-state index in [4.69, 9.17) is 15.1 Å². The molecule has 0 saturated heterocycles. The SMILES string of the molecule is COC(=O)/C=C/c1cc(-c2ccc(C(=O)Nc3ccccc3/C=C/C(=O)O)cc2C#N)ccc1NC(=O)c1cccc(C#N)c1. The van der Waals surface area contributed by atoms with Gasteiger partial charge >= 0.3 is 11.9 Å². The maximum absolute atomic E-state index is 13.1. The van der Waals surface area contributed by atoms with Gasteiger partial charge in [-0.1, -0.05) is 36.4 Å². The third-order valence-electron chi connectivity index (χ3n) is 6.48. The number of rotatable bonds is 9. The highest BCUT2D eigenvalue weighted by atomic mass is 16.5. The van der Waals surface area contributed by atoms with Crippen LogP contribution < -0.4 is 10.6 Å². The van der Waals surface area contributed by atoms with Gasteiger partial charge in [-0.15, -0.1) is 0 Å². The van der Waals surface area contributed by atoms with E-state index in [1.165, 1.54) is 37.5 Å². The Kier molecular flexibility index (Phi) is 9.98. The first-order valence-corrected chi connectivity index (χ1v) is 13.3. The van der Waals surface area contributed by atoms with Gasteiger partial charge in [0.05, 0.1) is 30.4 Å². The van der Waals surface area contributed by atoms with E-state index < -0.39 is 23.8 Å². The number of nitrogens with one attached hydrogen (secondary N) is 2. The molecule has 0 fully saturated rings. The minimum absolute atomic E-state index is 0.190. The zero-order chi connectivity index (χ0) is 32.3. The fourth-order valence-electron chi connectivity index (χ4n) is 4.27. The van der Waals surface area contributed by atoms with Crippen molar-refractivity contribution in [2.24, 2.45) is 0 Å². The van der Waals surface area contributed by atoms with E-state index >= 15 is 0 Å². The quantitative estimate of drug-likeness (QED) is 0.159. The first kappa shape index (κ1) is 31.2. The smallest absolute Gasteiger partial charge is 0.330 e. The van der Waals surface area contributed by atoms with Gasteiger partial charge in [-0.3, -0.25) is 9.59 Å². The Morgan fingerprint density at radius 1 is 0.733 bits per heavy atom. The van der Waals surface area contributed by atoms with Crippen LogP contribution >= 0.6 is 0 Å². The summed E-state index contributed by atoms with van der Waals surface area (Å²) < 4.78 is 4.69. The number of hydrogen-bond acceptors (Lipinski definition) is 7.